The number of nitrogens with two attached hydrogens (primary N) is 1. The number of benzene rings is 1. The maximum atomic E-state index is 11.2. The van der Waals surface area contributed by atoms with Crippen LogP contribution in [0.25, 0.3) is 0 Å². The van der Waals surface area contributed by atoms with Crippen LogP contribution in [0.1, 0.15) is 71.3 Å². The van der Waals surface area contributed by atoms with Gasteiger partial charge in [-0.1, -0.05) is 43.7 Å². The third kappa shape index (κ3) is 6.24. The summed E-state index contributed by atoms with van der Waals surface area (Å²) in [6.07, 6.45) is 7.61. The van der Waals surface area contributed by atoms with Crippen molar-refractivity contribution in [3.05, 3.63) is 41.5 Å². The predicted octanol–water partition coefficient (Wildman–Crippen LogP) is 4.14. The second-order valence-corrected chi connectivity index (χ2v) is 10.0. The first-order valence-electron chi connectivity index (χ1n) is 10.6. The van der Waals surface area contributed by atoms with E-state index in [-0.39, 0.29) is 17.3 Å². The number of hydrogen-bond donors (Lipinski definition) is 3. The van der Waals surface area contributed by atoms with Crippen molar-refractivity contribution in [2.45, 2.75) is 71.1 Å². The van der Waals surface area contributed by atoms with Crippen molar-refractivity contribution in [3.63, 3.8) is 0 Å². The van der Waals surface area contributed by atoms with Crippen LogP contribution < -0.4 is 5.32 Å². The first kappa shape index (κ1) is 23.8. The first-order valence-corrected chi connectivity index (χ1v) is 11.8. The van der Waals surface area contributed by atoms with E-state index in [9.17, 15) is 14.1 Å². The zero-order chi connectivity index (χ0) is 21.5. The SMILES string of the molecule is CC1=CCC(CCCC(=O)O)(c2ccccc2[NH2+]CCCCS(=O)O)C(C)(C)C1. The highest BCUT2D eigenvalue weighted by atomic mass is 32.2. The van der Waals surface area contributed by atoms with Gasteiger partial charge in [0.25, 0.3) is 0 Å². The number of carbonyl (C=O) groups is 1. The number of hydrogen-bond acceptors (Lipinski definition) is 2. The zero-order valence-corrected chi connectivity index (χ0v) is 18.8. The summed E-state index contributed by atoms with van der Waals surface area (Å²) in [5, 5.41) is 11.4. The molecular formula is C23H36NO4S+. The molecule has 0 bridgehead atoms. The summed E-state index contributed by atoms with van der Waals surface area (Å²) in [7, 11) is 0. The second-order valence-electron chi connectivity index (χ2n) is 8.96. The topological polar surface area (TPSA) is 91.2 Å². The summed E-state index contributed by atoms with van der Waals surface area (Å²) in [6.45, 7) is 7.69. The normalized spacial score (nSPS) is 22.1. The highest BCUT2D eigenvalue weighted by Crippen LogP contribution is 2.55. The van der Waals surface area contributed by atoms with Crippen LogP contribution in [0.2, 0.25) is 0 Å². The Balaban J connectivity index is 2.29. The third-order valence-corrected chi connectivity index (χ3v) is 7.06. The summed E-state index contributed by atoms with van der Waals surface area (Å²) in [5.74, 6) is -0.410. The Morgan fingerprint density at radius 1 is 1.21 bits per heavy atom. The fourth-order valence-corrected chi connectivity index (χ4v) is 5.34. The van der Waals surface area contributed by atoms with Gasteiger partial charge in [0, 0.05) is 23.2 Å². The summed E-state index contributed by atoms with van der Waals surface area (Å²) in [5.41, 5.74) is 3.87. The molecular weight excluding hydrogens is 386 g/mol. The van der Waals surface area contributed by atoms with Gasteiger partial charge < -0.3 is 15.0 Å². The summed E-state index contributed by atoms with van der Waals surface area (Å²) < 4.78 is 19.8. The van der Waals surface area contributed by atoms with Crippen molar-refractivity contribution in [1.29, 1.82) is 0 Å². The lowest BCUT2D eigenvalue weighted by Crippen LogP contribution is -2.78. The highest BCUT2D eigenvalue weighted by Gasteiger charge is 2.48. The lowest BCUT2D eigenvalue weighted by Gasteiger charge is -2.50. The summed E-state index contributed by atoms with van der Waals surface area (Å²) >= 11 is -1.72. The van der Waals surface area contributed by atoms with Gasteiger partial charge in [0.2, 0.25) is 0 Å². The van der Waals surface area contributed by atoms with E-state index in [1.54, 1.807) is 0 Å². The first-order chi connectivity index (χ1) is 13.7. The van der Waals surface area contributed by atoms with Gasteiger partial charge in [-0.3, -0.25) is 4.79 Å². The molecule has 0 aliphatic heterocycles. The van der Waals surface area contributed by atoms with E-state index in [0.29, 0.717) is 12.2 Å². The van der Waals surface area contributed by atoms with Crippen molar-refractivity contribution in [3.8, 4) is 0 Å². The molecule has 1 aliphatic carbocycles. The highest BCUT2D eigenvalue weighted by molar-refractivity contribution is 7.79. The van der Waals surface area contributed by atoms with Gasteiger partial charge in [0.05, 0.1) is 6.54 Å². The molecule has 1 aromatic carbocycles. The maximum Gasteiger partial charge on any atom is 0.303 e. The van der Waals surface area contributed by atoms with Crippen LogP contribution in [0.5, 0.6) is 0 Å². The van der Waals surface area contributed by atoms with E-state index in [2.05, 4.69) is 56.4 Å². The second kappa shape index (κ2) is 10.5. The standard InChI is InChI=1S/C23H35NO4S/c1-18-12-14-23(22(2,3)17-18,13-8-11-21(25)26)19-9-4-5-10-20(19)24-15-6-7-16-29(27)28/h4-5,9-10,12,24H,6-8,11,13-17H2,1-3H3,(H,25,26)(H,27,28)/p+1. The van der Waals surface area contributed by atoms with E-state index >= 15 is 0 Å². The van der Waals surface area contributed by atoms with Gasteiger partial charge in [-0.05, 0) is 56.9 Å². The van der Waals surface area contributed by atoms with Crippen LogP contribution in [0.4, 0.5) is 5.69 Å². The molecule has 0 aromatic heterocycles. The van der Waals surface area contributed by atoms with E-state index in [0.717, 1.165) is 38.6 Å². The number of carboxylic acid groups (broad SMARTS) is 1. The maximum absolute atomic E-state index is 11.2. The van der Waals surface area contributed by atoms with Crippen LogP contribution in [-0.2, 0) is 21.3 Å². The van der Waals surface area contributed by atoms with Gasteiger partial charge in [0.1, 0.15) is 5.69 Å². The van der Waals surface area contributed by atoms with E-state index in [1.165, 1.54) is 16.8 Å². The van der Waals surface area contributed by atoms with E-state index in [1.807, 2.05) is 0 Å². The van der Waals surface area contributed by atoms with Crippen LogP contribution >= 0.6 is 0 Å². The molecule has 1 aromatic rings. The number of rotatable bonds is 11. The molecule has 1 aliphatic rings. The largest absolute Gasteiger partial charge is 0.481 e. The molecule has 0 heterocycles. The molecule has 29 heavy (non-hydrogen) atoms. The molecule has 2 atom stereocenters. The molecule has 2 rings (SSSR count). The van der Waals surface area contributed by atoms with Crippen molar-refractivity contribution >= 4 is 22.7 Å². The number of aliphatic carboxylic acids is 1. The molecule has 0 saturated carbocycles. The van der Waals surface area contributed by atoms with E-state index in [4.69, 9.17) is 4.55 Å². The summed E-state index contributed by atoms with van der Waals surface area (Å²) in [4.78, 5) is 11.2. The smallest absolute Gasteiger partial charge is 0.303 e. The summed E-state index contributed by atoms with van der Waals surface area (Å²) in [6, 6.07) is 8.51. The average molecular weight is 423 g/mol. The fourth-order valence-electron chi connectivity index (χ4n) is 4.89. The average Bonchev–Trinajstić information content (AvgIpc) is 2.63. The van der Waals surface area contributed by atoms with Crippen LogP contribution in [0.3, 0.4) is 0 Å². The van der Waals surface area contributed by atoms with Crippen molar-refractivity contribution in [2.75, 3.05) is 12.3 Å². The molecule has 4 N–H and O–H groups in total. The lowest BCUT2D eigenvalue weighted by molar-refractivity contribution is -0.572. The van der Waals surface area contributed by atoms with Crippen molar-refractivity contribution < 1.29 is 24.0 Å². The third-order valence-electron chi connectivity index (χ3n) is 6.42. The van der Waals surface area contributed by atoms with Gasteiger partial charge in [-0.2, -0.15) is 0 Å². The monoisotopic (exact) mass is 422 g/mol. The Morgan fingerprint density at radius 2 is 1.93 bits per heavy atom. The molecule has 162 valence electrons. The predicted molar refractivity (Wildman–Crippen MR) is 118 cm³/mol. The Kier molecular flexibility index (Phi) is 8.61. The quantitative estimate of drug-likeness (QED) is 0.216. The minimum absolute atomic E-state index is 0.0298. The molecule has 0 saturated heterocycles. The van der Waals surface area contributed by atoms with Gasteiger partial charge in [0.15, 0.2) is 11.1 Å². The van der Waals surface area contributed by atoms with Crippen molar-refractivity contribution in [1.82, 2.24) is 0 Å². The fraction of sp³-hybridized carbons (Fsp3) is 0.609. The Morgan fingerprint density at radius 3 is 2.59 bits per heavy atom. The number of unbranched alkanes of at least 4 members (excludes halogenated alkanes) is 1. The lowest BCUT2D eigenvalue weighted by atomic mass is 9.53. The number of para-hydroxylation sites is 1. The molecule has 2 unspecified atom stereocenters. The molecule has 6 heteroatoms. The molecule has 0 fully saturated rings. The minimum atomic E-state index is -1.72. The van der Waals surface area contributed by atoms with Gasteiger partial charge in [-0.15, -0.1) is 0 Å². The van der Waals surface area contributed by atoms with Crippen LogP contribution in [0, 0.1) is 5.41 Å². The van der Waals surface area contributed by atoms with Crippen LogP contribution in [-0.4, -0.2) is 32.1 Å². The molecule has 5 nitrogen and oxygen atoms in total. The number of allylic oxidation sites excluding steroid dienone is 2. The zero-order valence-electron chi connectivity index (χ0n) is 17.9. The number of quaternary nitrogens is 1. The molecule has 0 radical (unpaired) electrons. The van der Waals surface area contributed by atoms with E-state index < -0.39 is 17.0 Å². The number of carboxylic acids is 1. The van der Waals surface area contributed by atoms with Crippen LogP contribution in [0.15, 0.2) is 35.9 Å². The minimum Gasteiger partial charge on any atom is -0.481 e. The molecule has 0 spiro atoms. The van der Waals surface area contributed by atoms with Crippen molar-refractivity contribution in [2.24, 2.45) is 5.41 Å². The molecule has 0 amide bonds. The Labute approximate surface area is 177 Å². The Hall–Kier alpha value is -1.50. The Bertz CT molecular complexity index is 759. The van der Waals surface area contributed by atoms with Gasteiger partial charge in [-0.25, -0.2) is 4.21 Å². The van der Waals surface area contributed by atoms with Gasteiger partial charge >= 0.3 is 5.97 Å².